The van der Waals surface area contributed by atoms with Gasteiger partial charge in [0.15, 0.2) is 5.76 Å². The van der Waals surface area contributed by atoms with E-state index in [0.29, 0.717) is 13.1 Å². The molecule has 124 valence electrons. The molecule has 1 N–H and O–H groups in total. The van der Waals surface area contributed by atoms with Crippen LogP contribution in [-0.2, 0) is 10.0 Å². The van der Waals surface area contributed by atoms with E-state index in [1.165, 1.54) is 12.1 Å². The lowest BCUT2D eigenvalue weighted by Crippen LogP contribution is -2.40. The van der Waals surface area contributed by atoms with Crippen LogP contribution in [0.5, 0.6) is 0 Å². The molecule has 2 heterocycles. The third-order valence-corrected chi connectivity index (χ3v) is 5.02. The summed E-state index contributed by atoms with van der Waals surface area (Å²) in [4.78, 5) is 14.1. The van der Waals surface area contributed by atoms with Crippen LogP contribution in [0, 0.1) is 0 Å². The van der Waals surface area contributed by atoms with Crippen LogP contribution in [0.15, 0.2) is 21.6 Å². The fraction of sp³-hybridized carbons (Fsp3) is 0.667. The summed E-state index contributed by atoms with van der Waals surface area (Å²) in [5.74, 6) is -0.157. The molecule has 0 atom stereocenters. The fourth-order valence-corrected chi connectivity index (χ4v) is 3.82. The minimum absolute atomic E-state index is 0.0798. The Morgan fingerprint density at radius 1 is 1.14 bits per heavy atom. The summed E-state index contributed by atoms with van der Waals surface area (Å²) in [6.45, 7) is 6.63. The molecular weight excluding hydrogens is 304 g/mol. The number of hydrogen-bond acceptors (Lipinski definition) is 4. The quantitative estimate of drug-likeness (QED) is 0.924. The van der Waals surface area contributed by atoms with Crippen molar-refractivity contribution >= 4 is 15.9 Å². The van der Waals surface area contributed by atoms with Gasteiger partial charge in [0.25, 0.3) is 15.9 Å². The molecule has 2 rings (SSSR count). The van der Waals surface area contributed by atoms with Crippen LogP contribution in [0.4, 0.5) is 0 Å². The highest BCUT2D eigenvalue weighted by Crippen LogP contribution is 2.19. The van der Waals surface area contributed by atoms with Crippen molar-refractivity contribution in [2.45, 2.75) is 57.1 Å². The monoisotopic (exact) mass is 328 g/mol. The summed E-state index contributed by atoms with van der Waals surface area (Å²) >= 11 is 0. The summed E-state index contributed by atoms with van der Waals surface area (Å²) in [6, 6.07) is 2.77. The van der Waals surface area contributed by atoms with Crippen molar-refractivity contribution in [1.29, 1.82) is 0 Å². The number of likely N-dealkylation sites (tertiary alicyclic amines) is 1. The highest BCUT2D eigenvalue weighted by atomic mass is 32.2. The van der Waals surface area contributed by atoms with Gasteiger partial charge in [0.05, 0.1) is 0 Å². The van der Waals surface area contributed by atoms with Crippen molar-refractivity contribution in [3.63, 3.8) is 0 Å². The predicted molar refractivity (Wildman–Crippen MR) is 83.2 cm³/mol. The zero-order valence-electron chi connectivity index (χ0n) is 13.4. The lowest BCUT2D eigenvalue weighted by Gasteiger charge is -2.19. The smallest absolute Gasteiger partial charge is 0.289 e. The Morgan fingerprint density at radius 3 is 2.27 bits per heavy atom. The molecule has 6 nitrogen and oxygen atoms in total. The summed E-state index contributed by atoms with van der Waals surface area (Å²) in [5, 5.41) is -0.222. The largest absolute Gasteiger partial charge is 0.438 e. The van der Waals surface area contributed by atoms with Gasteiger partial charge in [-0.05, 0) is 45.7 Å². The molecule has 0 aromatic carbocycles. The summed E-state index contributed by atoms with van der Waals surface area (Å²) in [6.07, 6.45) is 4.19. The molecule has 1 aromatic heterocycles. The molecule has 1 aliphatic heterocycles. The van der Waals surface area contributed by atoms with Crippen LogP contribution in [0.3, 0.4) is 0 Å². The van der Waals surface area contributed by atoms with Crippen molar-refractivity contribution < 1.29 is 17.6 Å². The van der Waals surface area contributed by atoms with Gasteiger partial charge in [0.1, 0.15) is 0 Å². The Balaban J connectivity index is 2.15. The average Bonchev–Trinajstić information content (AvgIpc) is 2.73. The molecule has 1 aliphatic rings. The second kappa shape index (κ2) is 6.42. The fourth-order valence-electron chi connectivity index (χ4n) is 2.46. The minimum atomic E-state index is -3.76. The van der Waals surface area contributed by atoms with Crippen molar-refractivity contribution in [1.82, 2.24) is 9.62 Å². The molecular formula is C15H24N2O4S. The number of carbonyl (C=O) groups is 1. The van der Waals surface area contributed by atoms with Crippen molar-refractivity contribution in [2.75, 3.05) is 13.1 Å². The molecule has 0 spiro atoms. The molecule has 0 radical (unpaired) electrons. The summed E-state index contributed by atoms with van der Waals surface area (Å²) in [7, 11) is -3.76. The zero-order chi connectivity index (χ0) is 16.4. The molecule has 1 amide bonds. The molecule has 0 unspecified atom stereocenters. The zero-order valence-corrected chi connectivity index (χ0v) is 14.2. The summed E-state index contributed by atoms with van der Waals surface area (Å²) in [5.41, 5.74) is -0.611. The van der Waals surface area contributed by atoms with Crippen LogP contribution >= 0.6 is 0 Å². The van der Waals surface area contributed by atoms with E-state index in [4.69, 9.17) is 4.42 Å². The van der Waals surface area contributed by atoms with Crippen LogP contribution in [-0.4, -0.2) is 37.9 Å². The van der Waals surface area contributed by atoms with E-state index in [9.17, 15) is 13.2 Å². The normalized spacial score (nSPS) is 17.3. The van der Waals surface area contributed by atoms with Gasteiger partial charge in [-0.1, -0.05) is 12.8 Å². The van der Waals surface area contributed by atoms with E-state index < -0.39 is 15.6 Å². The van der Waals surface area contributed by atoms with Crippen molar-refractivity contribution in [3.8, 4) is 0 Å². The van der Waals surface area contributed by atoms with E-state index >= 15 is 0 Å². The van der Waals surface area contributed by atoms with E-state index in [1.807, 2.05) is 0 Å². The number of sulfonamides is 1. The number of carbonyl (C=O) groups excluding carboxylic acids is 1. The molecule has 0 saturated carbocycles. The number of hydrogen-bond donors (Lipinski definition) is 1. The van der Waals surface area contributed by atoms with Crippen molar-refractivity contribution in [2.24, 2.45) is 0 Å². The molecule has 1 aromatic rings. The first-order chi connectivity index (χ1) is 10.2. The lowest BCUT2D eigenvalue weighted by atomic mass is 10.1. The minimum Gasteiger partial charge on any atom is -0.438 e. The molecule has 1 saturated heterocycles. The van der Waals surface area contributed by atoms with Crippen LogP contribution in [0.2, 0.25) is 0 Å². The van der Waals surface area contributed by atoms with Gasteiger partial charge in [-0.25, -0.2) is 13.1 Å². The van der Waals surface area contributed by atoms with Crippen LogP contribution in [0.1, 0.15) is 57.0 Å². The predicted octanol–water partition coefficient (Wildman–Crippen LogP) is 2.37. The number of rotatable bonds is 3. The standard InChI is InChI=1S/C15H24N2O4S/c1-15(2,3)16-22(19,20)13-9-8-12(21-13)14(18)17-10-6-4-5-7-11-17/h8-9,16H,4-7,10-11H2,1-3H3. The van der Waals surface area contributed by atoms with Gasteiger partial charge in [-0.3, -0.25) is 4.79 Å². The van der Waals surface area contributed by atoms with Gasteiger partial charge in [0.2, 0.25) is 5.09 Å². The van der Waals surface area contributed by atoms with Gasteiger partial charge >= 0.3 is 0 Å². The first-order valence-corrected chi connectivity index (χ1v) is 9.10. The first-order valence-electron chi connectivity index (χ1n) is 7.62. The maximum atomic E-state index is 12.4. The highest BCUT2D eigenvalue weighted by molar-refractivity contribution is 7.89. The number of nitrogens with one attached hydrogen (secondary N) is 1. The Labute approximate surface area is 131 Å². The van der Waals surface area contributed by atoms with Gasteiger partial charge in [0, 0.05) is 18.6 Å². The maximum absolute atomic E-state index is 12.4. The molecule has 22 heavy (non-hydrogen) atoms. The topological polar surface area (TPSA) is 79.6 Å². The molecule has 0 aliphatic carbocycles. The second-order valence-corrected chi connectivity index (χ2v) is 8.29. The number of amides is 1. The Kier molecular flexibility index (Phi) is 4.97. The third-order valence-electron chi connectivity index (χ3n) is 3.39. The van der Waals surface area contributed by atoms with Gasteiger partial charge in [-0.2, -0.15) is 0 Å². The number of furan rings is 1. The first kappa shape index (κ1) is 17.0. The highest BCUT2D eigenvalue weighted by Gasteiger charge is 2.27. The number of nitrogens with zero attached hydrogens (tertiary/aromatic N) is 1. The van der Waals surface area contributed by atoms with E-state index in [0.717, 1.165) is 25.7 Å². The molecule has 1 fully saturated rings. The van der Waals surface area contributed by atoms with Gasteiger partial charge in [-0.15, -0.1) is 0 Å². The maximum Gasteiger partial charge on any atom is 0.289 e. The van der Waals surface area contributed by atoms with Crippen LogP contribution in [0.25, 0.3) is 0 Å². The average molecular weight is 328 g/mol. The van der Waals surface area contributed by atoms with Crippen LogP contribution < -0.4 is 4.72 Å². The SMILES string of the molecule is CC(C)(C)NS(=O)(=O)c1ccc(C(=O)N2CCCCCC2)o1. The summed E-state index contributed by atoms with van der Waals surface area (Å²) < 4.78 is 32.2. The molecule has 7 heteroatoms. The van der Waals surface area contributed by atoms with E-state index in [2.05, 4.69) is 4.72 Å². The lowest BCUT2D eigenvalue weighted by molar-refractivity contribution is 0.0724. The Bertz CT molecular complexity index is 620. The second-order valence-electron chi connectivity index (χ2n) is 6.68. The Morgan fingerprint density at radius 2 is 1.73 bits per heavy atom. The van der Waals surface area contributed by atoms with E-state index in [1.54, 1.807) is 25.7 Å². The van der Waals surface area contributed by atoms with E-state index in [-0.39, 0.29) is 16.8 Å². The molecule has 0 bridgehead atoms. The van der Waals surface area contributed by atoms with Gasteiger partial charge < -0.3 is 9.32 Å². The third kappa shape index (κ3) is 4.33. The van der Waals surface area contributed by atoms with Crippen molar-refractivity contribution in [3.05, 3.63) is 17.9 Å². The Hall–Kier alpha value is -1.34.